The number of fused-ring (bicyclic) bond motifs is 1. The second-order valence-corrected chi connectivity index (χ2v) is 5.60. The van der Waals surface area contributed by atoms with Crippen LogP contribution in [0.1, 0.15) is 43.2 Å². The van der Waals surface area contributed by atoms with Gasteiger partial charge in [0.15, 0.2) is 5.78 Å². The predicted octanol–water partition coefficient (Wildman–Crippen LogP) is 3.16. The normalized spacial score (nSPS) is 23.2. The highest BCUT2D eigenvalue weighted by Crippen LogP contribution is 2.22. The molecule has 0 fully saturated rings. The third kappa shape index (κ3) is 2.79. The van der Waals surface area contributed by atoms with Crippen molar-refractivity contribution in [1.82, 2.24) is 5.32 Å². The van der Waals surface area contributed by atoms with Gasteiger partial charge in [-0.1, -0.05) is 36.8 Å². The first-order chi connectivity index (χ1) is 9.34. The summed E-state index contributed by atoms with van der Waals surface area (Å²) in [6, 6.07) is 8.41. The van der Waals surface area contributed by atoms with Crippen LogP contribution in [-0.4, -0.2) is 11.8 Å². The van der Waals surface area contributed by atoms with Crippen LogP contribution in [0, 0.1) is 0 Å². The van der Waals surface area contributed by atoms with Crippen molar-refractivity contribution < 1.29 is 4.79 Å². The molecule has 1 aliphatic heterocycles. The van der Waals surface area contributed by atoms with Crippen molar-refractivity contribution in [1.29, 1.82) is 0 Å². The Morgan fingerprint density at radius 2 is 1.95 bits per heavy atom. The van der Waals surface area contributed by atoms with E-state index in [-0.39, 0.29) is 6.04 Å². The fraction of sp³-hybridized carbons (Fsp3) is 0.471. The zero-order valence-electron chi connectivity index (χ0n) is 11.3. The van der Waals surface area contributed by atoms with Crippen LogP contribution in [0.3, 0.4) is 0 Å². The van der Waals surface area contributed by atoms with Gasteiger partial charge in [-0.05, 0) is 48.8 Å². The molecule has 0 radical (unpaired) electrons. The van der Waals surface area contributed by atoms with Crippen molar-refractivity contribution in [3.8, 4) is 0 Å². The van der Waals surface area contributed by atoms with E-state index in [0.29, 0.717) is 5.78 Å². The topological polar surface area (TPSA) is 29.1 Å². The summed E-state index contributed by atoms with van der Waals surface area (Å²) in [7, 11) is 0. The molecule has 0 amide bonds. The Hall–Kier alpha value is -1.41. The van der Waals surface area contributed by atoms with E-state index >= 15 is 0 Å². The lowest BCUT2D eigenvalue weighted by Crippen LogP contribution is -2.42. The van der Waals surface area contributed by atoms with Crippen LogP contribution in [0.25, 0.3) is 0 Å². The second-order valence-electron chi connectivity index (χ2n) is 5.60. The van der Waals surface area contributed by atoms with Gasteiger partial charge in [-0.15, -0.1) is 0 Å². The standard InChI is InChI=1S/C17H21NO/c19-17(13-7-3-1-2-4-8-13)16-11-14-9-5-6-10-15(14)12-18-16/h5-7,9-10,16,18H,1-4,8,11-12H2. The Labute approximate surface area is 114 Å². The molecular weight excluding hydrogens is 234 g/mol. The Morgan fingerprint density at radius 3 is 2.84 bits per heavy atom. The van der Waals surface area contributed by atoms with E-state index in [0.717, 1.165) is 31.4 Å². The van der Waals surface area contributed by atoms with Gasteiger partial charge in [0, 0.05) is 6.54 Å². The van der Waals surface area contributed by atoms with Gasteiger partial charge in [0.2, 0.25) is 0 Å². The summed E-state index contributed by atoms with van der Waals surface area (Å²) in [4.78, 5) is 12.6. The minimum atomic E-state index is -0.0146. The summed E-state index contributed by atoms with van der Waals surface area (Å²) >= 11 is 0. The van der Waals surface area contributed by atoms with Crippen LogP contribution >= 0.6 is 0 Å². The number of carbonyl (C=O) groups excluding carboxylic acids is 1. The van der Waals surface area contributed by atoms with E-state index in [1.807, 2.05) is 0 Å². The highest BCUT2D eigenvalue weighted by Gasteiger charge is 2.26. The molecule has 100 valence electrons. The molecule has 2 nitrogen and oxygen atoms in total. The molecule has 2 aliphatic rings. The predicted molar refractivity (Wildman–Crippen MR) is 76.9 cm³/mol. The zero-order valence-corrected chi connectivity index (χ0v) is 11.3. The van der Waals surface area contributed by atoms with E-state index in [1.165, 1.54) is 30.4 Å². The minimum absolute atomic E-state index is 0.0146. The molecule has 3 rings (SSSR count). The number of allylic oxidation sites excluding steroid dienone is 1. The first-order valence-corrected chi connectivity index (χ1v) is 7.38. The average molecular weight is 255 g/mol. The Kier molecular flexibility index (Phi) is 3.79. The van der Waals surface area contributed by atoms with Gasteiger partial charge in [0.05, 0.1) is 6.04 Å². The van der Waals surface area contributed by atoms with Crippen molar-refractivity contribution >= 4 is 5.78 Å². The fourth-order valence-electron chi connectivity index (χ4n) is 3.10. The third-order valence-corrected chi connectivity index (χ3v) is 4.26. The van der Waals surface area contributed by atoms with Crippen molar-refractivity contribution in [2.75, 3.05) is 0 Å². The fourth-order valence-corrected chi connectivity index (χ4v) is 3.10. The summed E-state index contributed by atoms with van der Waals surface area (Å²) in [5, 5.41) is 3.40. The molecule has 0 aromatic heterocycles. The lowest BCUT2D eigenvalue weighted by atomic mass is 9.90. The smallest absolute Gasteiger partial charge is 0.175 e. The van der Waals surface area contributed by atoms with Crippen LogP contribution in [0.2, 0.25) is 0 Å². The molecule has 2 heteroatoms. The number of Topliss-reactive ketones (excluding diaryl/α,β-unsaturated/α-hetero) is 1. The average Bonchev–Trinajstić information content (AvgIpc) is 2.75. The molecule has 0 saturated heterocycles. The van der Waals surface area contributed by atoms with Gasteiger partial charge in [0.25, 0.3) is 0 Å². The first kappa shape index (κ1) is 12.6. The first-order valence-electron chi connectivity index (χ1n) is 7.38. The van der Waals surface area contributed by atoms with E-state index < -0.39 is 0 Å². The molecule has 0 spiro atoms. The minimum Gasteiger partial charge on any atom is -0.303 e. The molecule has 1 N–H and O–H groups in total. The lowest BCUT2D eigenvalue weighted by molar-refractivity contribution is -0.117. The van der Waals surface area contributed by atoms with Crippen LogP contribution < -0.4 is 5.32 Å². The van der Waals surface area contributed by atoms with Crippen LogP contribution in [0.5, 0.6) is 0 Å². The lowest BCUT2D eigenvalue weighted by Gasteiger charge is -2.25. The maximum Gasteiger partial charge on any atom is 0.175 e. The zero-order chi connectivity index (χ0) is 13.1. The van der Waals surface area contributed by atoms with Gasteiger partial charge in [-0.2, -0.15) is 0 Å². The van der Waals surface area contributed by atoms with E-state index in [9.17, 15) is 4.79 Å². The van der Waals surface area contributed by atoms with Crippen molar-refractivity contribution in [3.05, 3.63) is 47.0 Å². The summed E-state index contributed by atoms with van der Waals surface area (Å²) in [6.45, 7) is 0.819. The van der Waals surface area contributed by atoms with E-state index in [4.69, 9.17) is 0 Å². The molecular formula is C17H21NO. The number of hydrogen-bond acceptors (Lipinski definition) is 2. The summed E-state index contributed by atoms with van der Waals surface area (Å²) < 4.78 is 0. The number of ketones is 1. The number of rotatable bonds is 2. The molecule has 19 heavy (non-hydrogen) atoms. The van der Waals surface area contributed by atoms with Gasteiger partial charge in [-0.3, -0.25) is 4.79 Å². The van der Waals surface area contributed by atoms with Crippen LogP contribution in [0.4, 0.5) is 0 Å². The molecule has 1 atom stereocenters. The summed E-state index contributed by atoms with van der Waals surface area (Å²) in [5.74, 6) is 0.330. The molecule has 1 heterocycles. The molecule has 1 aliphatic carbocycles. The largest absolute Gasteiger partial charge is 0.303 e. The van der Waals surface area contributed by atoms with E-state index in [1.54, 1.807) is 0 Å². The van der Waals surface area contributed by atoms with Crippen LogP contribution in [-0.2, 0) is 17.8 Å². The SMILES string of the molecule is O=C(C1=CCCCCC1)C1Cc2ccccc2CN1. The summed E-state index contributed by atoms with van der Waals surface area (Å²) in [5.41, 5.74) is 3.73. The van der Waals surface area contributed by atoms with Crippen molar-refractivity contribution in [3.63, 3.8) is 0 Å². The maximum atomic E-state index is 12.6. The highest BCUT2D eigenvalue weighted by molar-refractivity contribution is 5.99. The number of carbonyl (C=O) groups is 1. The van der Waals surface area contributed by atoms with Gasteiger partial charge in [-0.25, -0.2) is 0 Å². The molecule has 0 bridgehead atoms. The Morgan fingerprint density at radius 1 is 1.11 bits per heavy atom. The number of hydrogen-bond donors (Lipinski definition) is 1. The van der Waals surface area contributed by atoms with E-state index in [2.05, 4.69) is 35.7 Å². The Balaban J connectivity index is 1.74. The highest BCUT2D eigenvalue weighted by atomic mass is 16.1. The number of nitrogens with one attached hydrogen (secondary N) is 1. The Bertz CT molecular complexity index is 504. The quantitative estimate of drug-likeness (QED) is 0.879. The van der Waals surface area contributed by atoms with Gasteiger partial charge >= 0.3 is 0 Å². The summed E-state index contributed by atoms with van der Waals surface area (Å²) in [6.07, 6.45) is 8.72. The third-order valence-electron chi connectivity index (χ3n) is 4.26. The molecule has 1 aromatic carbocycles. The molecule has 0 saturated carbocycles. The van der Waals surface area contributed by atoms with Gasteiger partial charge < -0.3 is 5.32 Å². The molecule has 1 aromatic rings. The molecule has 1 unspecified atom stereocenters. The monoisotopic (exact) mass is 255 g/mol. The maximum absolute atomic E-state index is 12.6. The van der Waals surface area contributed by atoms with Crippen molar-refractivity contribution in [2.24, 2.45) is 0 Å². The second kappa shape index (κ2) is 5.70. The van der Waals surface area contributed by atoms with Gasteiger partial charge in [0.1, 0.15) is 0 Å². The van der Waals surface area contributed by atoms with Crippen LogP contribution in [0.15, 0.2) is 35.9 Å². The number of benzene rings is 1. The van der Waals surface area contributed by atoms with Crippen molar-refractivity contribution in [2.45, 2.75) is 51.1 Å².